The van der Waals surface area contributed by atoms with Crippen molar-refractivity contribution in [1.82, 2.24) is 5.32 Å². The minimum Gasteiger partial charge on any atom is -0.382 e. The summed E-state index contributed by atoms with van der Waals surface area (Å²) in [5, 5.41) is 3.46. The molecule has 0 spiro atoms. The first-order chi connectivity index (χ1) is 9.11. The number of ether oxygens (including phenoxy) is 1. The molecule has 2 nitrogen and oxygen atoms in total. The minimum absolute atomic E-state index is 0.155. The Labute approximate surface area is 116 Å². The summed E-state index contributed by atoms with van der Waals surface area (Å²) in [7, 11) is 0. The van der Waals surface area contributed by atoms with Crippen LogP contribution >= 0.6 is 0 Å². The van der Waals surface area contributed by atoms with Crippen LogP contribution in [0.5, 0.6) is 0 Å². The smallest absolute Gasteiger partial charge is 0.123 e. The summed E-state index contributed by atoms with van der Waals surface area (Å²) in [5.41, 5.74) is 1.06. The van der Waals surface area contributed by atoms with Gasteiger partial charge in [-0.25, -0.2) is 4.39 Å². The van der Waals surface area contributed by atoms with Gasteiger partial charge in [0.1, 0.15) is 5.82 Å². The molecule has 0 amide bonds. The molecule has 0 aliphatic heterocycles. The Morgan fingerprint density at radius 3 is 2.74 bits per heavy atom. The van der Waals surface area contributed by atoms with E-state index in [4.69, 9.17) is 4.74 Å². The zero-order valence-electron chi connectivity index (χ0n) is 12.3. The highest BCUT2D eigenvalue weighted by atomic mass is 19.1. The summed E-state index contributed by atoms with van der Waals surface area (Å²) >= 11 is 0. The van der Waals surface area contributed by atoms with Crippen molar-refractivity contribution in [3.63, 3.8) is 0 Å². The molecule has 1 unspecified atom stereocenters. The molecular formula is C16H26FNO. The standard InChI is InChI=1S/C16H26FNO/c1-4-19-9-8-15(12-18-13(2)3)10-14-6-5-7-16(17)11-14/h5-7,11,13,15,18H,4,8-10,12H2,1-3H3. The SMILES string of the molecule is CCOCCC(CNC(C)C)Cc1cccc(F)c1. The summed E-state index contributed by atoms with van der Waals surface area (Å²) in [6, 6.07) is 7.36. The van der Waals surface area contributed by atoms with E-state index in [1.807, 2.05) is 13.0 Å². The van der Waals surface area contributed by atoms with E-state index in [0.717, 1.165) is 38.2 Å². The van der Waals surface area contributed by atoms with Crippen molar-refractivity contribution in [1.29, 1.82) is 0 Å². The van der Waals surface area contributed by atoms with Crippen LogP contribution in [0.4, 0.5) is 4.39 Å². The first-order valence-corrected chi connectivity index (χ1v) is 7.17. The summed E-state index contributed by atoms with van der Waals surface area (Å²) in [4.78, 5) is 0. The maximum atomic E-state index is 13.2. The van der Waals surface area contributed by atoms with Crippen molar-refractivity contribution in [3.05, 3.63) is 35.6 Å². The lowest BCUT2D eigenvalue weighted by atomic mass is 9.96. The first-order valence-electron chi connectivity index (χ1n) is 7.17. The molecule has 3 heteroatoms. The third-order valence-corrected chi connectivity index (χ3v) is 3.10. The average molecular weight is 267 g/mol. The molecule has 1 aromatic carbocycles. The van der Waals surface area contributed by atoms with E-state index in [2.05, 4.69) is 19.2 Å². The molecule has 0 heterocycles. The Morgan fingerprint density at radius 1 is 1.32 bits per heavy atom. The molecule has 0 saturated carbocycles. The lowest BCUT2D eigenvalue weighted by Crippen LogP contribution is -2.30. The third-order valence-electron chi connectivity index (χ3n) is 3.10. The fourth-order valence-electron chi connectivity index (χ4n) is 2.07. The van der Waals surface area contributed by atoms with Gasteiger partial charge in [0.05, 0.1) is 0 Å². The molecule has 0 aromatic heterocycles. The zero-order valence-corrected chi connectivity index (χ0v) is 12.3. The van der Waals surface area contributed by atoms with Crippen molar-refractivity contribution in [2.24, 2.45) is 5.92 Å². The maximum Gasteiger partial charge on any atom is 0.123 e. The quantitative estimate of drug-likeness (QED) is 0.692. The van der Waals surface area contributed by atoms with E-state index in [1.54, 1.807) is 12.1 Å². The summed E-state index contributed by atoms with van der Waals surface area (Å²) in [6.07, 6.45) is 1.90. The highest BCUT2D eigenvalue weighted by Gasteiger charge is 2.11. The van der Waals surface area contributed by atoms with Gasteiger partial charge in [0.15, 0.2) is 0 Å². The van der Waals surface area contributed by atoms with Gasteiger partial charge in [0.2, 0.25) is 0 Å². The van der Waals surface area contributed by atoms with Crippen LogP contribution in [-0.2, 0) is 11.2 Å². The maximum absolute atomic E-state index is 13.2. The summed E-state index contributed by atoms with van der Waals surface area (Å²) in [6.45, 7) is 8.76. The fraction of sp³-hybridized carbons (Fsp3) is 0.625. The Hall–Kier alpha value is -0.930. The predicted octanol–water partition coefficient (Wildman–Crippen LogP) is 3.41. The Bertz CT molecular complexity index is 354. The van der Waals surface area contributed by atoms with E-state index in [9.17, 15) is 4.39 Å². The van der Waals surface area contributed by atoms with Crippen LogP contribution in [0.15, 0.2) is 24.3 Å². The number of hydrogen-bond donors (Lipinski definition) is 1. The van der Waals surface area contributed by atoms with E-state index in [0.29, 0.717) is 12.0 Å². The number of benzene rings is 1. The number of hydrogen-bond acceptors (Lipinski definition) is 2. The molecule has 0 fully saturated rings. The van der Waals surface area contributed by atoms with Crippen LogP contribution in [0.1, 0.15) is 32.8 Å². The first kappa shape index (κ1) is 16.1. The van der Waals surface area contributed by atoms with Crippen molar-refractivity contribution in [3.8, 4) is 0 Å². The highest BCUT2D eigenvalue weighted by Crippen LogP contribution is 2.13. The molecule has 0 aliphatic carbocycles. The molecule has 0 saturated heterocycles. The van der Waals surface area contributed by atoms with Crippen LogP contribution in [0, 0.1) is 11.7 Å². The average Bonchev–Trinajstić information content (AvgIpc) is 2.36. The molecule has 1 rings (SSSR count). The number of halogens is 1. The topological polar surface area (TPSA) is 21.3 Å². The predicted molar refractivity (Wildman–Crippen MR) is 77.8 cm³/mol. The van der Waals surface area contributed by atoms with E-state index >= 15 is 0 Å². The van der Waals surface area contributed by atoms with E-state index < -0.39 is 0 Å². The lowest BCUT2D eigenvalue weighted by Gasteiger charge is -2.19. The van der Waals surface area contributed by atoms with Gasteiger partial charge in [0.25, 0.3) is 0 Å². The molecule has 0 aliphatic rings. The molecule has 1 N–H and O–H groups in total. The van der Waals surface area contributed by atoms with Crippen molar-refractivity contribution >= 4 is 0 Å². The van der Waals surface area contributed by atoms with Crippen molar-refractivity contribution in [2.75, 3.05) is 19.8 Å². The van der Waals surface area contributed by atoms with Gasteiger partial charge in [-0.15, -0.1) is 0 Å². The van der Waals surface area contributed by atoms with E-state index in [-0.39, 0.29) is 5.82 Å². The Morgan fingerprint density at radius 2 is 2.11 bits per heavy atom. The molecule has 0 radical (unpaired) electrons. The van der Waals surface area contributed by atoms with Gasteiger partial charge >= 0.3 is 0 Å². The fourth-order valence-corrected chi connectivity index (χ4v) is 2.07. The van der Waals surface area contributed by atoms with Gasteiger partial charge in [-0.3, -0.25) is 0 Å². The van der Waals surface area contributed by atoms with E-state index in [1.165, 1.54) is 6.07 Å². The summed E-state index contributed by atoms with van der Waals surface area (Å²) < 4.78 is 18.6. The second-order valence-corrected chi connectivity index (χ2v) is 5.25. The monoisotopic (exact) mass is 267 g/mol. The second kappa shape index (κ2) is 9.05. The van der Waals surface area contributed by atoms with Crippen molar-refractivity contribution < 1.29 is 9.13 Å². The zero-order chi connectivity index (χ0) is 14.1. The summed E-state index contributed by atoms with van der Waals surface area (Å²) in [5.74, 6) is 0.327. The van der Waals surface area contributed by atoms with Crippen LogP contribution in [0.3, 0.4) is 0 Å². The lowest BCUT2D eigenvalue weighted by molar-refractivity contribution is 0.131. The largest absolute Gasteiger partial charge is 0.382 e. The molecule has 108 valence electrons. The molecule has 0 bridgehead atoms. The number of rotatable bonds is 9. The van der Waals surface area contributed by atoms with Gasteiger partial charge in [-0.05, 0) is 49.9 Å². The van der Waals surface area contributed by atoms with Gasteiger partial charge in [-0.2, -0.15) is 0 Å². The van der Waals surface area contributed by atoms with Crippen LogP contribution in [-0.4, -0.2) is 25.8 Å². The Balaban J connectivity index is 2.51. The van der Waals surface area contributed by atoms with Gasteiger partial charge in [0, 0.05) is 19.3 Å². The third kappa shape index (κ3) is 7.28. The molecule has 19 heavy (non-hydrogen) atoms. The van der Waals surface area contributed by atoms with Crippen molar-refractivity contribution in [2.45, 2.75) is 39.7 Å². The van der Waals surface area contributed by atoms with Crippen LogP contribution in [0.2, 0.25) is 0 Å². The molecular weight excluding hydrogens is 241 g/mol. The molecule has 1 aromatic rings. The number of nitrogens with one attached hydrogen (secondary N) is 1. The second-order valence-electron chi connectivity index (χ2n) is 5.25. The van der Waals surface area contributed by atoms with Gasteiger partial charge < -0.3 is 10.1 Å². The highest BCUT2D eigenvalue weighted by molar-refractivity contribution is 5.16. The normalized spacial score (nSPS) is 12.9. The van der Waals surface area contributed by atoms with Gasteiger partial charge in [-0.1, -0.05) is 26.0 Å². The van der Waals surface area contributed by atoms with Crippen LogP contribution < -0.4 is 5.32 Å². The Kier molecular flexibility index (Phi) is 7.68. The minimum atomic E-state index is -0.155. The molecule has 1 atom stereocenters. The van der Waals surface area contributed by atoms with Crippen LogP contribution in [0.25, 0.3) is 0 Å².